The molecule has 20 heavy (non-hydrogen) atoms. The molecule has 1 aliphatic rings. The summed E-state index contributed by atoms with van der Waals surface area (Å²) in [6.45, 7) is 0.809. The summed E-state index contributed by atoms with van der Waals surface area (Å²) in [5.74, 6) is 0. The van der Waals surface area contributed by atoms with E-state index in [-0.39, 0.29) is 12.1 Å². The summed E-state index contributed by atoms with van der Waals surface area (Å²) in [5, 5.41) is 0. The van der Waals surface area contributed by atoms with E-state index >= 15 is 0 Å². The zero-order valence-corrected chi connectivity index (χ0v) is 11.0. The van der Waals surface area contributed by atoms with Gasteiger partial charge in [0.2, 0.25) is 0 Å². The van der Waals surface area contributed by atoms with Crippen molar-refractivity contribution in [3.05, 3.63) is 44.5 Å². The Labute approximate surface area is 115 Å². The fourth-order valence-electron chi connectivity index (χ4n) is 2.61. The van der Waals surface area contributed by atoms with Crippen molar-refractivity contribution in [1.29, 1.82) is 0 Å². The molecule has 0 amide bonds. The van der Waals surface area contributed by atoms with E-state index in [1.54, 1.807) is 6.07 Å². The molecule has 2 aromatic rings. The Balaban J connectivity index is 1.89. The van der Waals surface area contributed by atoms with E-state index in [0.29, 0.717) is 11.0 Å². The van der Waals surface area contributed by atoms with Crippen LogP contribution in [0, 0.1) is 0 Å². The number of nitrogens with two attached hydrogens (primary N) is 1. The second kappa shape index (κ2) is 5.22. The molecule has 1 saturated heterocycles. The number of ether oxygens (including phenoxy) is 1. The van der Waals surface area contributed by atoms with Crippen LogP contribution in [0.3, 0.4) is 0 Å². The van der Waals surface area contributed by atoms with Crippen LogP contribution in [0.2, 0.25) is 0 Å². The Morgan fingerprint density at radius 1 is 1.25 bits per heavy atom. The first-order valence-corrected chi connectivity index (χ1v) is 6.77. The summed E-state index contributed by atoms with van der Waals surface area (Å²) >= 11 is 0. The van der Waals surface area contributed by atoms with E-state index in [1.807, 2.05) is 12.1 Å². The van der Waals surface area contributed by atoms with E-state index in [1.165, 1.54) is 0 Å². The molecule has 4 N–H and O–H groups in total. The van der Waals surface area contributed by atoms with Crippen LogP contribution in [0.1, 0.15) is 30.9 Å². The molecule has 1 fully saturated rings. The van der Waals surface area contributed by atoms with Gasteiger partial charge in [-0.05, 0) is 37.0 Å². The van der Waals surface area contributed by atoms with Gasteiger partial charge in [0.05, 0.1) is 17.1 Å². The second-order valence-electron chi connectivity index (χ2n) is 5.19. The van der Waals surface area contributed by atoms with E-state index in [4.69, 9.17) is 10.5 Å². The maximum atomic E-state index is 11.3. The minimum absolute atomic E-state index is 0.141. The molecule has 2 unspecified atom stereocenters. The summed E-state index contributed by atoms with van der Waals surface area (Å²) in [5.41, 5.74) is 7.01. The highest BCUT2D eigenvalue weighted by atomic mass is 16.5. The Morgan fingerprint density at radius 3 is 2.70 bits per heavy atom. The number of aromatic nitrogens is 2. The number of benzene rings is 1. The van der Waals surface area contributed by atoms with Gasteiger partial charge in [0.25, 0.3) is 0 Å². The molecule has 106 valence electrons. The molecule has 0 bridgehead atoms. The molecule has 3 rings (SSSR count). The van der Waals surface area contributed by atoms with Gasteiger partial charge >= 0.3 is 11.1 Å². The number of fused-ring (bicyclic) bond motifs is 1. The molecule has 0 saturated carbocycles. The normalized spacial score (nSPS) is 20.4. The van der Waals surface area contributed by atoms with Gasteiger partial charge in [-0.1, -0.05) is 6.07 Å². The van der Waals surface area contributed by atoms with Crippen LogP contribution in [-0.2, 0) is 4.74 Å². The predicted molar refractivity (Wildman–Crippen MR) is 75.7 cm³/mol. The summed E-state index contributed by atoms with van der Waals surface area (Å²) in [7, 11) is 0. The predicted octanol–water partition coefficient (Wildman–Crippen LogP) is 0.785. The maximum absolute atomic E-state index is 11.3. The smallest absolute Gasteiger partial charge is 0.314 e. The standard InChI is InChI=1S/C14H17N3O3/c15-10(7-9-2-1-5-20-9)8-3-4-11-12(6-8)17-14(19)13(18)16-11/h3-4,6,9-10H,1-2,5,7,15H2,(H,16,18)(H,17,19). The van der Waals surface area contributed by atoms with E-state index < -0.39 is 11.1 Å². The number of H-pyrrole nitrogens is 2. The fourth-order valence-corrected chi connectivity index (χ4v) is 2.61. The first kappa shape index (κ1) is 13.1. The van der Waals surface area contributed by atoms with Crippen LogP contribution in [0.15, 0.2) is 27.8 Å². The van der Waals surface area contributed by atoms with Gasteiger partial charge in [-0.25, -0.2) is 0 Å². The molecule has 0 radical (unpaired) electrons. The first-order valence-electron chi connectivity index (χ1n) is 6.77. The largest absolute Gasteiger partial charge is 0.378 e. The van der Waals surface area contributed by atoms with Crippen molar-refractivity contribution in [2.75, 3.05) is 6.61 Å². The van der Waals surface area contributed by atoms with Crippen molar-refractivity contribution in [1.82, 2.24) is 9.97 Å². The Bertz CT molecular complexity index is 728. The molecule has 6 heteroatoms. The van der Waals surface area contributed by atoms with Crippen LogP contribution in [-0.4, -0.2) is 22.7 Å². The summed E-state index contributed by atoms with van der Waals surface area (Å²) < 4.78 is 5.58. The molecular formula is C14H17N3O3. The van der Waals surface area contributed by atoms with Gasteiger partial charge in [-0.15, -0.1) is 0 Å². The van der Waals surface area contributed by atoms with Gasteiger partial charge in [0.15, 0.2) is 0 Å². The van der Waals surface area contributed by atoms with Crippen molar-refractivity contribution in [3.8, 4) is 0 Å². The Kier molecular flexibility index (Phi) is 3.42. The lowest BCUT2D eigenvalue weighted by molar-refractivity contribution is 0.0983. The van der Waals surface area contributed by atoms with Gasteiger partial charge in [-0.3, -0.25) is 9.59 Å². The van der Waals surface area contributed by atoms with Crippen LogP contribution in [0.25, 0.3) is 11.0 Å². The second-order valence-corrected chi connectivity index (χ2v) is 5.19. The van der Waals surface area contributed by atoms with Crippen molar-refractivity contribution in [3.63, 3.8) is 0 Å². The average Bonchev–Trinajstić information content (AvgIpc) is 2.92. The third-order valence-electron chi connectivity index (χ3n) is 3.72. The molecular weight excluding hydrogens is 258 g/mol. The lowest BCUT2D eigenvalue weighted by Gasteiger charge is -2.16. The molecule has 2 atom stereocenters. The third kappa shape index (κ3) is 2.52. The molecule has 1 aromatic carbocycles. The minimum Gasteiger partial charge on any atom is -0.378 e. The topological polar surface area (TPSA) is 101 Å². The third-order valence-corrected chi connectivity index (χ3v) is 3.72. The van der Waals surface area contributed by atoms with Gasteiger partial charge < -0.3 is 20.4 Å². The Morgan fingerprint density at radius 2 is 2.00 bits per heavy atom. The minimum atomic E-state index is -0.651. The highest BCUT2D eigenvalue weighted by molar-refractivity contribution is 5.74. The molecule has 2 heterocycles. The molecule has 0 aliphatic carbocycles. The number of aromatic amines is 2. The van der Waals surface area contributed by atoms with Crippen LogP contribution >= 0.6 is 0 Å². The van der Waals surface area contributed by atoms with E-state index in [0.717, 1.165) is 31.4 Å². The number of hydrogen-bond acceptors (Lipinski definition) is 4. The van der Waals surface area contributed by atoms with Crippen molar-refractivity contribution >= 4 is 11.0 Å². The zero-order valence-electron chi connectivity index (χ0n) is 11.0. The summed E-state index contributed by atoms with van der Waals surface area (Å²) in [6, 6.07) is 5.30. The maximum Gasteiger partial charge on any atom is 0.314 e. The summed E-state index contributed by atoms with van der Waals surface area (Å²) in [4.78, 5) is 27.7. The van der Waals surface area contributed by atoms with Gasteiger partial charge in [0, 0.05) is 12.6 Å². The van der Waals surface area contributed by atoms with Crippen LogP contribution in [0.5, 0.6) is 0 Å². The Hall–Kier alpha value is -1.92. The van der Waals surface area contributed by atoms with E-state index in [9.17, 15) is 9.59 Å². The zero-order chi connectivity index (χ0) is 14.1. The fraction of sp³-hybridized carbons (Fsp3) is 0.429. The van der Waals surface area contributed by atoms with Crippen molar-refractivity contribution in [2.24, 2.45) is 5.73 Å². The monoisotopic (exact) mass is 275 g/mol. The lowest BCUT2D eigenvalue weighted by Crippen LogP contribution is -2.29. The number of rotatable bonds is 3. The van der Waals surface area contributed by atoms with Gasteiger partial charge in [-0.2, -0.15) is 0 Å². The average molecular weight is 275 g/mol. The summed E-state index contributed by atoms with van der Waals surface area (Å²) in [6.07, 6.45) is 3.11. The highest BCUT2D eigenvalue weighted by Crippen LogP contribution is 2.24. The molecule has 6 nitrogen and oxygen atoms in total. The molecule has 1 aromatic heterocycles. The van der Waals surface area contributed by atoms with E-state index in [2.05, 4.69) is 9.97 Å². The SMILES string of the molecule is NC(CC1CCCO1)c1ccc2[nH]c(=O)c(=O)[nH]c2c1. The number of nitrogens with one attached hydrogen (secondary N) is 2. The van der Waals surface area contributed by atoms with Gasteiger partial charge in [0.1, 0.15) is 0 Å². The van der Waals surface area contributed by atoms with Crippen molar-refractivity contribution in [2.45, 2.75) is 31.4 Å². The highest BCUT2D eigenvalue weighted by Gasteiger charge is 2.19. The van der Waals surface area contributed by atoms with Crippen molar-refractivity contribution < 1.29 is 4.74 Å². The molecule has 1 aliphatic heterocycles. The van der Waals surface area contributed by atoms with Crippen LogP contribution in [0.4, 0.5) is 0 Å². The molecule has 0 spiro atoms. The quantitative estimate of drug-likeness (QED) is 0.721. The lowest BCUT2D eigenvalue weighted by atomic mass is 9.99. The first-order chi connectivity index (χ1) is 9.63. The number of hydrogen-bond donors (Lipinski definition) is 3. The van der Waals surface area contributed by atoms with Crippen LogP contribution < -0.4 is 16.9 Å².